The molecule has 0 N–H and O–H groups in total. The first-order chi connectivity index (χ1) is 16.1. The van der Waals surface area contributed by atoms with Crippen molar-refractivity contribution in [1.82, 2.24) is 24.6 Å². The molecule has 6 aromatic rings. The van der Waals surface area contributed by atoms with E-state index >= 15 is 0 Å². The van der Waals surface area contributed by atoms with Crippen molar-refractivity contribution in [1.29, 1.82) is 0 Å². The molecule has 0 radical (unpaired) electrons. The number of hydrogen-bond donors (Lipinski definition) is 0. The van der Waals surface area contributed by atoms with Crippen LogP contribution in [0.3, 0.4) is 0 Å². The number of ether oxygens (including phenoxy) is 1. The summed E-state index contributed by atoms with van der Waals surface area (Å²) < 4.78 is 9.66. The van der Waals surface area contributed by atoms with Gasteiger partial charge in [0.1, 0.15) is 28.2 Å². The first-order valence-electron chi connectivity index (χ1n) is 10.5. The van der Waals surface area contributed by atoms with Crippen molar-refractivity contribution >= 4 is 53.3 Å². The predicted octanol–water partition coefficient (Wildman–Crippen LogP) is 6.51. The SMILES string of the molecule is Cc1cc(C)c2c(n1)sc1c2ncn2nc(-c3cccc(COc4ccccc4Br)c3)nc12. The monoisotopic (exact) mass is 515 g/mol. The Labute approximate surface area is 202 Å². The van der Waals surface area contributed by atoms with Crippen LogP contribution < -0.4 is 4.74 Å². The second kappa shape index (κ2) is 7.90. The van der Waals surface area contributed by atoms with Crippen molar-refractivity contribution in [3.63, 3.8) is 0 Å². The third-order valence-corrected chi connectivity index (χ3v) is 7.23. The van der Waals surface area contributed by atoms with Crippen LogP contribution in [-0.2, 0) is 6.61 Å². The normalized spacial score (nSPS) is 11.6. The molecule has 4 heterocycles. The van der Waals surface area contributed by atoms with Crippen molar-refractivity contribution in [3.8, 4) is 17.1 Å². The van der Waals surface area contributed by atoms with E-state index in [0.717, 1.165) is 53.1 Å². The summed E-state index contributed by atoms with van der Waals surface area (Å²) in [4.78, 5) is 15.3. The fraction of sp³-hybridized carbons (Fsp3) is 0.120. The number of aryl methyl sites for hydroxylation is 2. The average Bonchev–Trinajstić information content (AvgIpc) is 3.40. The summed E-state index contributed by atoms with van der Waals surface area (Å²) in [6.45, 7) is 4.57. The molecule has 6 nitrogen and oxygen atoms in total. The molecule has 2 aromatic carbocycles. The van der Waals surface area contributed by atoms with Crippen molar-refractivity contribution in [2.45, 2.75) is 20.5 Å². The van der Waals surface area contributed by atoms with E-state index in [0.29, 0.717) is 12.4 Å². The summed E-state index contributed by atoms with van der Waals surface area (Å²) in [6.07, 6.45) is 1.74. The molecule has 6 rings (SSSR count). The van der Waals surface area contributed by atoms with Gasteiger partial charge in [-0.3, -0.25) is 0 Å². The molecule has 0 saturated heterocycles. The zero-order valence-electron chi connectivity index (χ0n) is 17.9. The van der Waals surface area contributed by atoms with Crippen LogP contribution in [0.1, 0.15) is 16.8 Å². The second-order valence-electron chi connectivity index (χ2n) is 7.91. The smallest absolute Gasteiger partial charge is 0.182 e. The average molecular weight is 516 g/mol. The van der Waals surface area contributed by atoms with Gasteiger partial charge in [0.25, 0.3) is 0 Å². The summed E-state index contributed by atoms with van der Waals surface area (Å²) in [7, 11) is 0. The summed E-state index contributed by atoms with van der Waals surface area (Å²) in [5.74, 6) is 1.47. The van der Waals surface area contributed by atoms with E-state index in [-0.39, 0.29) is 0 Å². The standard InChI is InChI=1S/C25H18BrN5OS/c1-14-10-15(2)28-25-20(14)21-22(33-25)24-29-23(30-31(24)13-27-21)17-7-5-6-16(11-17)12-32-19-9-4-3-8-18(19)26/h3-11,13H,12H2,1-2H3. The lowest BCUT2D eigenvalue weighted by Crippen LogP contribution is -1.96. The lowest BCUT2D eigenvalue weighted by Gasteiger charge is -2.08. The van der Waals surface area contributed by atoms with Crippen molar-refractivity contribution in [2.24, 2.45) is 0 Å². The van der Waals surface area contributed by atoms with E-state index in [1.165, 1.54) is 5.56 Å². The van der Waals surface area contributed by atoms with Crippen molar-refractivity contribution in [3.05, 3.63) is 82.2 Å². The zero-order chi connectivity index (χ0) is 22.5. The lowest BCUT2D eigenvalue weighted by molar-refractivity contribution is 0.304. The topological polar surface area (TPSA) is 65.2 Å². The molecule has 162 valence electrons. The minimum Gasteiger partial charge on any atom is -0.488 e. The molecule has 0 amide bonds. The third-order valence-electron chi connectivity index (χ3n) is 5.51. The Balaban J connectivity index is 1.39. The highest BCUT2D eigenvalue weighted by Gasteiger charge is 2.17. The maximum atomic E-state index is 5.98. The van der Waals surface area contributed by atoms with E-state index in [9.17, 15) is 0 Å². The summed E-state index contributed by atoms with van der Waals surface area (Å²) in [5.41, 5.74) is 5.89. The van der Waals surface area contributed by atoms with Gasteiger partial charge in [-0.05, 0) is 65.2 Å². The number of fused-ring (bicyclic) bond motifs is 5. The maximum Gasteiger partial charge on any atom is 0.182 e. The van der Waals surface area contributed by atoms with Crippen LogP contribution >= 0.6 is 27.3 Å². The van der Waals surface area contributed by atoms with Gasteiger partial charge in [-0.25, -0.2) is 19.5 Å². The second-order valence-corrected chi connectivity index (χ2v) is 9.76. The Kier molecular flexibility index (Phi) is 4.85. The lowest BCUT2D eigenvalue weighted by atomic mass is 10.1. The Morgan fingerprint density at radius 3 is 2.79 bits per heavy atom. The van der Waals surface area contributed by atoms with Gasteiger partial charge >= 0.3 is 0 Å². The number of rotatable bonds is 4. The molecule has 0 saturated carbocycles. The van der Waals surface area contributed by atoms with Gasteiger partial charge in [0.2, 0.25) is 0 Å². The molecule has 0 aliphatic heterocycles. The summed E-state index contributed by atoms with van der Waals surface area (Å²) in [6, 6.07) is 18.1. The van der Waals surface area contributed by atoms with E-state index < -0.39 is 0 Å². The highest BCUT2D eigenvalue weighted by molar-refractivity contribution is 9.10. The number of nitrogens with zero attached hydrogens (tertiary/aromatic N) is 5. The highest BCUT2D eigenvalue weighted by Crippen LogP contribution is 2.36. The van der Waals surface area contributed by atoms with Crippen molar-refractivity contribution in [2.75, 3.05) is 0 Å². The largest absolute Gasteiger partial charge is 0.488 e. The molecule has 8 heteroatoms. The van der Waals surface area contributed by atoms with Crippen LogP contribution in [0, 0.1) is 13.8 Å². The Hall–Kier alpha value is -3.36. The Bertz CT molecular complexity index is 1670. The molecular weight excluding hydrogens is 498 g/mol. The third kappa shape index (κ3) is 3.55. The quantitative estimate of drug-likeness (QED) is 0.267. The van der Waals surface area contributed by atoms with Gasteiger partial charge in [-0.15, -0.1) is 16.4 Å². The maximum absolute atomic E-state index is 5.98. The number of para-hydroxylation sites is 1. The number of thiophene rings is 1. The van der Waals surface area contributed by atoms with Gasteiger partial charge in [0.05, 0.1) is 9.99 Å². The predicted molar refractivity (Wildman–Crippen MR) is 135 cm³/mol. The molecule has 0 aliphatic rings. The molecule has 0 bridgehead atoms. The molecule has 0 fully saturated rings. The van der Waals surface area contributed by atoms with E-state index in [1.54, 1.807) is 22.2 Å². The minimum absolute atomic E-state index is 0.455. The van der Waals surface area contributed by atoms with Gasteiger partial charge in [0, 0.05) is 16.6 Å². The number of aromatic nitrogens is 5. The first-order valence-corrected chi connectivity index (χ1v) is 12.1. The molecule has 0 aliphatic carbocycles. The molecule has 33 heavy (non-hydrogen) atoms. The van der Waals surface area contributed by atoms with Crippen LogP contribution in [-0.4, -0.2) is 24.6 Å². The summed E-state index contributed by atoms with van der Waals surface area (Å²) >= 11 is 5.14. The number of hydrogen-bond acceptors (Lipinski definition) is 6. The zero-order valence-corrected chi connectivity index (χ0v) is 20.3. The van der Waals surface area contributed by atoms with Crippen LogP contribution in [0.2, 0.25) is 0 Å². The number of halogens is 1. The van der Waals surface area contributed by atoms with E-state index in [4.69, 9.17) is 24.8 Å². The highest BCUT2D eigenvalue weighted by atomic mass is 79.9. The van der Waals surface area contributed by atoms with Crippen LogP contribution in [0.25, 0.3) is 37.5 Å². The fourth-order valence-corrected chi connectivity index (χ4v) is 5.64. The van der Waals surface area contributed by atoms with Crippen molar-refractivity contribution < 1.29 is 4.74 Å². The molecule has 4 aromatic heterocycles. The molecule has 0 unspecified atom stereocenters. The van der Waals surface area contributed by atoms with Gasteiger partial charge in [-0.2, -0.15) is 0 Å². The number of pyridine rings is 1. The first kappa shape index (κ1) is 20.3. The van der Waals surface area contributed by atoms with Gasteiger partial charge in [0.15, 0.2) is 11.5 Å². The van der Waals surface area contributed by atoms with Crippen LogP contribution in [0.15, 0.2) is 65.4 Å². The minimum atomic E-state index is 0.455. The van der Waals surface area contributed by atoms with Crippen LogP contribution in [0.4, 0.5) is 0 Å². The Morgan fingerprint density at radius 1 is 1.03 bits per heavy atom. The van der Waals surface area contributed by atoms with E-state index in [1.807, 2.05) is 49.4 Å². The Morgan fingerprint density at radius 2 is 1.91 bits per heavy atom. The van der Waals surface area contributed by atoms with E-state index in [2.05, 4.69) is 35.0 Å². The number of benzene rings is 2. The molecular formula is C25H18BrN5OS. The van der Waals surface area contributed by atoms with Gasteiger partial charge < -0.3 is 4.74 Å². The van der Waals surface area contributed by atoms with Gasteiger partial charge in [-0.1, -0.05) is 30.3 Å². The fourth-order valence-electron chi connectivity index (χ4n) is 4.01. The summed E-state index contributed by atoms with van der Waals surface area (Å²) in [5, 5.41) is 5.79. The molecule has 0 spiro atoms. The van der Waals surface area contributed by atoms with Crippen LogP contribution in [0.5, 0.6) is 5.75 Å². The molecule has 0 atom stereocenters.